The molecule has 1 fully saturated rings. The molecule has 1 aliphatic carbocycles. The molecule has 5 heteroatoms. The van der Waals surface area contributed by atoms with E-state index in [1.165, 1.54) is 27.3 Å². The van der Waals surface area contributed by atoms with E-state index in [9.17, 15) is 9.59 Å². The minimum atomic E-state index is -0.144. The van der Waals surface area contributed by atoms with Gasteiger partial charge in [-0.1, -0.05) is 43.7 Å². The number of amides is 2. The van der Waals surface area contributed by atoms with Crippen LogP contribution in [0.15, 0.2) is 52.8 Å². The molecule has 3 unspecified atom stereocenters. The highest BCUT2D eigenvalue weighted by Gasteiger charge is 2.49. The molecule has 0 radical (unpaired) electrons. The molecule has 1 saturated heterocycles. The average Bonchev–Trinajstić information content (AvgIpc) is 3.07. The number of hydrogen-bond donors (Lipinski definition) is 0. The molecule has 2 aliphatic heterocycles. The lowest BCUT2D eigenvalue weighted by molar-refractivity contribution is -0.142. The van der Waals surface area contributed by atoms with E-state index in [0.29, 0.717) is 12.8 Å². The normalized spacial score (nSPS) is 23.8. The van der Waals surface area contributed by atoms with E-state index < -0.39 is 0 Å². The Morgan fingerprint density at radius 1 is 1.09 bits per heavy atom. The smallest absolute Gasteiger partial charge is 0.233 e. The number of hydrogen-bond acceptors (Lipinski definition) is 4. The van der Waals surface area contributed by atoms with Crippen LogP contribution in [0.2, 0.25) is 0 Å². The zero-order valence-electron chi connectivity index (χ0n) is 20.0. The van der Waals surface area contributed by atoms with Crippen molar-refractivity contribution < 1.29 is 9.59 Å². The molecule has 0 aromatic heterocycles. The summed E-state index contributed by atoms with van der Waals surface area (Å²) in [5, 5.41) is 0. The van der Waals surface area contributed by atoms with E-state index in [1.807, 2.05) is 26.8 Å². The van der Waals surface area contributed by atoms with Crippen LogP contribution in [0, 0.1) is 32.6 Å². The Kier molecular flexibility index (Phi) is 5.93. The summed E-state index contributed by atoms with van der Waals surface area (Å²) >= 11 is 0. The third kappa shape index (κ3) is 3.54. The molecule has 0 saturated carbocycles. The first-order valence-corrected chi connectivity index (χ1v) is 11.7. The van der Waals surface area contributed by atoms with Gasteiger partial charge in [-0.25, -0.2) is 0 Å². The lowest BCUT2D eigenvalue weighted by atomic mass is 9.83. The van der Waals surface area contributed by atoms with Gasteiger partial charge in [0.1, 0.15) is 5.84 Å². The van der Waals surface area contributed by atoms with Gasteiger partial charge in [0.05, 0.1) is 17.6 Å². The number of allylic oxidation sites excluding steroid dienone is 4. The molecule has 2 heterocycles. The van der Waals surface area contributed by atoms with Crippen molar-refractivity contribution in [2.45, 2.75) is 66.8 Å². The molecule has 168 valence electrons. The summed E-state index contributed by atoms with van der Waals surface area (Å²) in [4.78, 5) is 34.7. The third-order valence-corrected chi connectivity index (χ3v) is 6.63. The molecule has 32 heavy (non-hydrogen) atoms. The zero-order chi connectivity index (χ0) is 23.2. The van der Waals surface area contributed by atoms with E-state index in [2.05, 4.69) is 56.0 Å². The molecular weight excluding hydrogens is 398 g/mol. The predicted octanol–water partition coefficient (Wildman–Crippen LogP) is 5.37. The second kappa shape index (κ2) is 8.53. The Bertz CT molecular complexity index is 1050. The Hall–Kier alpha value is -2.95. The second-order valence-corrected chi connectivity index (χ2v) is 9.07. The first kappa shape index (κ1) is 22.3. The highest BCUT2D eigenvalue weighted by molar-refractivity contribution is 6.10. The highest BCUT2D eigenvalue weighted by Crippen LogP contribution is 2.49. The summed E-state index contributed by atoms with van der Waals surface area (Å²) in [5.74, 6) is 0.690. The monoisotopic (exact) mass is 431 g/mol. The maximum Gasteiger partial charge on any atom is 0.233 e. The summed E-state index contributed by atoms with van der Waals surface area (Å²) in [6, 6.07) is 4.30. The number of aliphatic imine (C=N–C) groups is 1. The number of imide groups is 1. The van der Waals surface area contributed by atoms with Gasteiger partial charge < -0.3 is 4.90 Å². The van der Waals surface area contributed by atoms with Gasteiger partial charge >= 0.3 is 0 Å². The molecular formula is C27H33N3O2. The van der Waals surface area contributed by atoms with Gasteiger partial charge in [0.25, 0.3) is 0 Å². The molecule has 3 aliphatic rings. The van der Waals surface area contributed by atoms with Crippen LogP contribution < -0.4 is 4.90 Å². The summed E-state index contributed by atoms with van der Waals surface area (Å²) in [6.45, 7) is 12.1. The maximum atomic E-state index is 12.9. The first-order valence-electron chi connectivity index (χ1n) is 11.7. The minimum Gasteiger partial charge on any atom is -0.301 e. The maximum absolute atomic E-state index is 12.9. The Morgan fingerprint density at radius 3 is 2.31 bits per heavy atom. The van der Waals surface area contributed by atoms with Crippen LogP contribution in [-0.4, -0.2) is 28.6 Å². The molecule has 0 spiro atoms. The van der Waals surface area contributed by atoms with Crippen molar-refractivity contribution in [3.8, 4) is 0 Å². The van der Waals surface area contributed by atoms with Gasteiger partial charge in [-0.3, -0.25) is 19.5 Å². The number of carbonyl (C=O) groups is 2. The summed E-state index contributed by atoms with van der Waals surface area (Å²) in [6.07, 6.45) is 9.92. The van der Waals surface area contributed by atoms with Crippen LogP contribution >= 0.6 is 0 Å². The number of carbonyl (C=O) groups excluding carboxylic acids is 2. The van der Waals surface area contributed by atoms with Gasteiger partial charge in [0.15, 0.2) is 0 Å². The molecule has 0 N–H and O–H groups in total. The van der Waals surface area contributed by atoms with Crippen molar-refractivity contribution >= 4 is 23.3 Å². The Balaban J connectivity index is 1.90. The van der Waals surface area contributed by atoms with Gasteiger partial charge in [0.2, 0.25) is 11.8 Å². The molecule has 1 aromatic rings. The Morgan fingerprint density at radius 2 is 1.72 bits per heavy atom. The number of dihydropyridines is 1. The number of aryl methyl sites for hydroxylation is 3. The molecule has 3 atom stereocenters. The Labute approximate surface area is 191 Å². The molecule has 4 rings (SSSR count). The highest BCUT2D eigenvalue weighted by atomic mass is 16.2. The number of anilines is 1. The topological polar surface area (TPSA) is 53.0 Å². The molecule has 1 aromatic carbocycles. The van der Waals surface area contributed by atoms with Crippen molar-refractivity contribution in [3.63, 3.8) is 0 Å². The fourth-order valence-corrected chi connectivity index (χ4v) is 5.43. The first-order chi connectivity index (χ1) is 15.3. The number of amidine groups is 1. The molecule has 0 bridgehead atoms. The van der Waals surface area contributed by atoms with Gasteiger partial charge in [-0.05, 0) is 57.4 Å². The number of benzene rings is 1. The lowest BCUT2D eigenvalue weighted by Crippen LogP contribution is -2.43. The fourth-order valence-electron chi connectivity index (χ4n) is 5.43. The van der Waals surface area contributed by atoms with Crippen LogP contribution in [0.25, 0.3) is 0 Å². The van der Waals surface area contributed by atoms with Crippen LogP contribution in [-0.2, 0) is 9.59 Å². The van der Waals surface area contributed by atoms with Crippen molar-refractivity contribution in [3.05, 3.63) is 64.5 Å². The van der Waals surface area contributed by atoms with E-state index in [1.54, 1.807) is 0 Å². The van der Waals surface area contributed by atoms with E-state index in [-0.39, 0.29) is 29.7 Å². The minimum absolute atomic E-state index is 0.115. The van der Waals surface area contributed by atoms with Crippen LogP contribution in [0.1, 0.15) is 56.7 Å². The van der Waals surface area contributed by atoms with E-state index in [0.717, 1.165) is 23.6 Å². The zero-order valence-corrected chi connectivity index (χ0v) is 20.0. The van der Waals surface area contributed by atoms with Crippen molar-refractivity contribution in [2.24, 2.45) is 16.8 Å². The lowest BCUT2D eigenvalue weighted by Gasteiger charge is -2.33. The van der Waals surface area contributed by atoms with Crippen LogP contribution in [0.4, 0.5) is 5.69 Å². The van der Waals surface area contributed by atoms with Gasteiger partial charge in [-0.2, -0.15) is 0 Å². The summed E-state index contributed by atoms with van der Waals surface area (Å²) in [5.41, 5.74) is 6.80. The molecule has 2 amide bonds. The number of nitrogens with zero attached hydrogens (tertiary/aromatic N) is 3. The fraction of sp³-hybridized carbons (Fsp3) is 0.444. The largest absolute Gasteiger partial charge is 0.301 e. The second-order valence-electron chi connectivity index (χ2n) is 9.07. The van der Waals surface area contributed by atoms with Gasteiger partial charge in [0, 0.05) is 30.2 Å². The number of fused-ring (bicyclic) bond motifs is 3. The number of rotatable bonds is 4. The van der Waals surface area contributed by atoms with E-state index in [4.69, 9.17) is 4.99 Å². The van der Waals surface area contributed by atoms with Crippen LogP contribution in [0.3, 0.4) is 0 Å². The van der Waals surface area contributed by atoms with Crippen molar-refractivity contribution in [1.82, 2.24) is 4.90 Å². The average molecular weight is 432 g/mol. The quantitative estimate of drug-likeness (QED) is 0.644. The van der Waals surface area contributed by atoms with E-state index >= 15 is 0 Å². The van der Waals surface area contributed by atoms with Gasteiger partial charge in [-0.15, -0.1) is 0 Å². The summed E-state index contributed by atoms with van der Waals surface area (Å²) < 4.78 is 0. The van der Waals surface area contributed by atoms with Crippen molar-refractivity contribution in [2.75, 3.05) is 4.90 Å². The summed E-state index contributed by atoms with van der Waals surface area (Å²) in [7, 11) is 0. The van der Waals surface area contributed by atoms with Crippen molar-refractivity contribution in [1.29, 1.82) is 0 Å². The third-order valence-electron chi connectivity index (χ3n) is 6.63. The SMILES string of the molecule is CCC(=O)N(C(=O)CC)C1=CC(C)N=C2C1C1CC=CC=C1N2c1c(C)cc(C)cc1C. The standard InChI is InChI=1S/C27H33N3O2/c1-7-23(31)29(24(32)8-2)22-15-19(6)28-27-25(22)20-11-9-10-12-21(20)30(27)26-17(4)13-16(3)14-18(26)5/h9-10,12-15,19-20,25H,7-8,11H2,1-6H3. The predicted molar refractivity (Wildman–Crippen MR) is 129 cm³/mol. The van der Waals surface area contributed by atoms with Crippen LogP contribution in [0.5, 0.6) is 0 Å². The molecule has 5 nitrogen and oxygen atoms in total.